The van der Waals surface area contributed by atoms with E-state index in [1.165, 1.54) is 11.9 Å². The number of nitrogens with one attached hydrogen (secondary N) is 1. The van der Waals surface area contributed by atoms with E-state index in [9.17, 15) is 4.79 Å². The Bertz CT molecular complexity index is 976. The number of hydrogen-bond acceptors (Lipinski definition) is 4. The van der Waals surface area contributed by atoms with E-state index >= 15 is 0 Å². The third-order valence-corrected chi connectivity index (χ3v) is 5.04. The van der Waals surface area contributed by atoms with E-state index in [4.69, 9.17) is 11.6 Å². The molecule has 136 valence electrons. The van der Waals surface area contributed by atoms with Crippen LogP contribution in [0.25, 0.3) is 0 Å². The molecule has 4 rings (SSSR count). The molecule has 1 N–H and O–H groups in total. The van der Waals surface area contributed by atoms with Gasteiger partial charge in [-0.2, -0.15) is 0 Å². The molecular formula is C21H19ClN4O. The molecule has 5 nitrogen and oxygen atoms in total. The molecule has 3 aromatic rings. The number of para-hydroxylation sites is 1. The maximum absolute atomic E-state index is 12.5. The fourth-order valence-electron chi connectivity index (χ4n) is 3.30. The Morgan fingerprint density at radius 3 is 2.81 bits per heavy atom. The Morgan fingerprint density at radius 1 is 1.11 bits per heavy atom. The summed E-state index contributed by atoms with van der Waals surface area (Å²) in [7, 11) is 0. The normalized spacial score (nSPS) is 13.1. The van der Waals surface area contributed by atoms with Gasteiger partial charge in [0.15, 0.2) is 0 Å². The molecule has 27 heavy (non-hydrogen) atoms. The number of aryl methyl sites for hydroxylation is 1. The predicted molar refractivity (Wildman–Crippen MR) is 106 cm³/mol. The fourth-order valence-corrected chi connectivity index (χ4v) is 3.50. The second-order valence-electron chi connectivity index (χ2n) is 6.42. The molecule has 0 atom stereocenters. The zero-order chi connectivity index (χ0) is 18.6. The van der Waals surface area contributed by atoms with Crippen molar-refractivity contribution in [3.63, 3.8) is 0 Å². The summed E-state index contributed by atoms with van der Waals surface area (Å²) in [6, 6.07) is 17.5. The topological polar surface area (TPSA) is 58.1 Å². The lowest BCUT2D eigenvalue weighted by molar-refractivity contribution is 0.0946. The molecule has 0 aliphatic carbocycles. The molecule has 6 heteroatoms. The van der Waals surface area contributed by atoms with Crippen molar-refractivity contribution < 1.29 is 4.79 Å². The zero-order valence-corrected chi connectivity index (χ0v) is 15.5. The minimum absolute atomic E-state index is 0.246. The van der Waals surface area contributed by atoms with Crippen LogP contribution in [0, 0.1) is 0 Å². The van der Waals surface area contributed by atoms with Crippen LogP contribution in [0.3, 0.4) is 0 Å². The number of anilines is 2. The van der Waals surface area contributed by atoms with Crippen LogP contribution in [0.2, 0.25) is 5.02 Å². The number of rotatable bonds is 4. The first kappa shape index (κ1) is 17.5. The summed E-state index contributed by atoms with van der Waals surface area (Å²) in [6.07, 6.45) is 3.55. The molecule has 2 heterocycles. The number of aromatic nitrogens is 2. The van der Waals surface area contributed by atoms with Crippen LogP contribution >= 0.6 is 11.6 Å². The summed E-state index contributed by atoms with van der Waals surface area (Å²) in [5, 5.41) is 3.50. The van der Waals surface area contributed by atoms with Crippen molar-refractivity contribution in [1.82, 2.24) is 15.3 Å². The average molecular weight is 379 g/mol. The van der Waals surface area contributed by atoms with Crippen LogP contribution in [0.1, 0.15) is 28.0 Å². The summed E-state index contributed by atoms with van der Waals surface area (Å²) >= 11 is 6.14. The van der Waals surface area contributed by atoms with Gasteiger partial charge in [0.25, 0.3) is 5.91 Å². The van der Waals surface area contributed by atoms with Gasteiger partial charge in [0, 0.05) is 29.9 Å². The van der Waals surface area contributed by atoms with E-state index in [-0.39, 0.29) is 5.91 Å². The highest BCUT2D eigenvalue weighted by atomic mass is 35.5. The fraction of sp³-hybridized carbons (Fsp3) is 0.190. The number of carbonyl (C=O) groups is 1. The quantitative estimate of drug-likeness (QED) is 0.741. The van der Waals surface area contributed by atoms with Crippen LogP contribution in [0.15, 0.2) is 60.9 Å². The Balaban J connectivity index is 1.53. The molecule has 0 saturated heterocycles. The highest BCUT2D eigenvalue weighted by molar-refractivity contribution is 6.31. The molecule has 1 aliphatic heterocycles. The molecule has 0 unspecified atom stereocenters. The summed E-state index contributed by atoms with van der Waals surface area (Å²) < 4.78 is 0. The third kappa shape index (κ3) is 3.78. The average Bonchev–Trinajstić information content (AvgIpc) is 2.72. The third-order valence-electron chi connectivity index (χ3n) is 4.67. The van der Waals surface area contributed by atoms with Crippen LogP contribution in [0.4, 0.5) is 11.5 Å². The van der Waals surface area contributed by atoms with E-state index in [2.05, 4.69) is 38.4 Å². The lowest BCUT2D eigenvalue weighted by Gasteiger charge is -2.30. The molecular weight excluding hydrogens is 360 g/mol. The molecule has 0 spiro atoms. The van der Waals surface area contributed by atoms with Gasteiger partial charge in [0.2, 0.25) is 0 Å². The zero-order valence-electron chi connectivity index (χ0n) is 14.7. The number of halogens is 1. The van der Waals surface area contributed by atoms with Gasteiger partial charge in [-0.05, 0) is 36.1 Å². The summed E-state index contributed by atoms with van der Waals surface area (Å²) in [4.78, 5) is 23.2. The number of benzene rings is 2. The van der Waals surface area contributed by atoms with Crippen LogP contribution in [-0.4, -0.2) is 22.4 Å². The van der Waals surface area contributed by atoms with E-state index in [0.717, 1.165) is 36.5 Å². The number of hydrogen-bond donors (Lipinski definition) is 1. The molecule has 0 radical (unpaired) electrons. The monoisotopic (exact) mass is 378 g/mol. The Morgan fingerprint density at radius 2 is 1.93 bits per heavy atom. The second-order valence-corrected chi connectivity index (χ2v) is 6.83. The highest BCUT2D eigenvalue weighted by Gasteiger charge is 2.20. The second kappa shape index (κ2) is 7.76. The summed E-state index contributed by atoms with van der Waals surface area (Å²) in [5.41, 5.74) is 3.65. The van der Waals surface area contributed by atoms with Gasteiger partial charge in [0.1, 0.15) is 17.8 Å². The Labute approximate surface area is 163 Å². The van der Waals surface area contributed by atoms with E-state index in [1.807, 2.05) is 24.3 Å². The molecule has 0 bridgehead atoms. The lowest BCUT2D eigenvalue weighted by atomic mass is 10.0. The largest absolute Gasteiger partial charge is 0.347 e. The van der Waals surface area contributed by atoms with Crippen molar-refractivity contribution in [2.24, 2.45) is 0 Å². The first-order chi connectivity index (χ1) is 13.2. The molecule has 1 aromatic heterocycles. The van der Waals surface area contributed by atoms with Gasteiger partial charge < -0.3 is 10.2 Å². The van der Waals surface area contributed by atoms with Gasteiger partial charge in [-0.3, -0.25) is 4.79 Å². The van der Waals surface area contributed by atoms with Crippen LogP contribution in [0.5, 0.6) is 0 Å². The maximum atomic E-state index is 12.5. The van der Waals surface area contributed by atoms with E-state index in [1.54, 1.807) is 12.1 Å². The van der Waals surface area contributed by atoms with Crippen LogP contribution in [-0.2, 0) is 13.0 Å². The van der Waals surface area contributed by atoms with Crippen molar-refractivity contribution in [3.05, 3.63) is 82.8 Å². The first-order valence-electron chi connectivity index (χ1n) is 8.91. The molecule has 1 aliphatic rings. The van der Waals surface area contributed by atoms with Crippen molar-refractivity contribution in [3.8, 4) is 0 Å². The van der Waals surface area contributed by atoms with Gasteiger partial charge >= 0.3 is 0 Å². The smallest absolute Gasteiger partial charge is 0.270 e. The van der Waals surface area contributed by atoms with Crippen molar-refractivity contribution in [2.75, 3.05) is 11.4 Å². The number of fused-ring (bicyclic) bond motifs is 1. The van der Waals surface area contributed by atoms with Crippen molar-refractivity contribution in [1.29, 1.82) is 0 Å². The lowest BCUT2D eigenvalue weighted by Crippen LogP contribution is -2.27. The number of amides is 1. The van der Waals surface area contributed by atoms with Gasteiger partial charge in [-0.25, -0.2) is 9.97 Å². The standard InChI is InChI=1S/C21H19ClN4O/c22-17-9-3-1-7-16(17)13-23-21(27)18-12-20(25-14-24-18)26-11-5-8-15-6-2-4-10-19(15)26/h1-4,6-7,9-10,12,14H,5,8,11,13H2,(H,23,27). The molecule has 0 saturated carbocycles. The highest BCUT2D eigenvalue weighted by Crippen LogP contribution is 2.32. The number of nitrogens with zero attached hydrogens (tertiary/aromatic N) is 3. The molecule has 1 amide bonds. The van der Waals surface area contributed by atoms with Gasteiger partial charge in [-0.1, -0.05) is 48.0 Å². The summed E-state index contributed by atoms with van der Waals surface area (Å²) in [5.74, 6) is 0.490. The first-order valence-corrected chi connectivity index (χ1v) is 9.29. The van der Waals surface area contributed by atoms with Crippen LogP contribution < -0.4 is 10.2 Å². The minimum atomic E-state index is -0.246. The van der Waals surface area contributed by atoms with E-state index in [0.29, 0.717) is 17.3 Å². The predicted octanol–water partition coefficient (Wildman–Crippen LogP) is 4.14. The minimum Gasteiger partial charge on any atom is -0.347 e. The number of carbonyl (C=O) groups excluding carboxylic acids is 1. The van der Waals surface area contributed by atoms with Crippen molar-refractivity contribution >= 4 is 29.0 Å². The Hall–Kier alpha value is -2.92. The Kier molecular flexibility index (Phi) is 5.03. The van der Waals surface area contributed by atoms with Crippen molar-refractivity contribution in [2.45, 2.75) is 19.4 Å². The van der Waals surface area contributed by atoms with E-state index < -0.39 is 0 Å². The van der Waals surface area contributed by atoms with Gasteiger partial charge in [-0.15, -0.1) is 0 Å². The van der Waals surface area contributed by atoms with Gasteiger partial charge in [0.05, 0.1) is 0 Å². The SMILES string of the molecule is O=C(NCc1ccccc1Cl)c1cc(N2CCCc3ccccc32)ncn1. The molecule has 2 aromatic carbocycles. The molecule has 0 fully saturated rings. The maximum Gasteiger partial charge on any atom is 0.270 e. The summed E-state index contributed by atoms with van der Waals surface area (Å²) in [6.45, 7) is 1.22.